The number of likely N-dealkylation sites (tertiary alicyclic amines) is 1. The van der Waals surface area contributed by atoms with E-state index in [2.05, 4.69) is 15.5 Å². The van der Waals surface area contributed by atoms with Crippen LogP contribution in [0.15, 0.2) is 24.4 Å². The van der Waals surface area contributed by atoms with Crippen LogP contribution in [-0.4, -0.2) is 51.2 Å². The number of nitrogens with one attached hydrogen (secondary N) is 2. The van der Waals surface area contributed by atoms with E-state index < -0.39 is 6.10 Å². The third-order valence-electron chi connectivity index (χ3n) is 4.46. The second kappa shape index (κ2) is 6.60. The van der Waals surface area contributed by atoms with Gasteiger partial charge in [-0.2, -0.15) is 5.10 Å². The number of aliphatic hydroxyl groups excluding tert-OH is 1. The van der Waals surface area contributed by atoms with Gasteiger partial charge in [0.25, 0.3) is 5.91 Å². The monoisotopic (exact) mass is 330 g/mol. The number of anilines is 1. The minimum atomic E-state index is -1.00. The van der Waals surface area contributed by atoms with E-state index in [1.165, 1.54) is 0 Å². The van der Waals surface area contributed by atoms with Crippen molar-refractivity contribution in [2.75, 3.05) is 18.4 Å². The number of carbonyl (C=O) groups is 2. The standard InChI is InChI=1S/C17H22N4O3/c1-10(2)15(22)17(24)21-6-5-11(9-21)16(23)19-13-3-4-14-12(7-13)8-18-20-14/h3-4,7-8,10-11,15,22H,5-6,9H2,1-2H3,(H,18,20)(H,19,23)/t11?,15-/m1/s1. The largest absolute Gasteiger partial charge is 0.383 e. The maximum atomic E-state index is 12.4. The van der Waals surface area contributed by atoms with Crippen molar-refractivity contribution in [3.8, 4) is 0 Å². The van der Waals surface area contributed by atoms with Gasteiger partial charge in [-0.3, -0.25) is 14.7 Å². The van der Waals surface area contributed by atoms with E-state index in [0.29, 0.717) is 25.2 Å². The van der Waals surface area contributed by atoms with Crippen LogP contribution in [0, 0.1) is 11.8 Å². The van der Waals surface area contributed by atoms with Gasteiger partial charge in [-0.1, -0.05) is 13.8 Å². The number of carbonyl (C=O) groups excluding carboxylic acids is 2. The lowest BCUT2D eigenvalue weighted by atomic mass is 10.1. The first kappa shape index (κ1) is 16.4. The number of hydrogen-bond acceptors (Lipinski definition) is 4. The van der Waals surface area contributed by atoms with Gasteiger partial charge in [0.2, 0.25) is 5.91 Å². The van der Waals surface area contributed by atoms with E-state index in [1.54, 1.807) is 24.9 Å². The maximum Gasteiger partial charge on any atom is 0.251 e. The molecule has 1 unspecified atom stereocenters. The predicted octanol–water partition coefficient (Wildman–Crippen LogP) is 1.37. The van der Waals surface area contributed by atoms with Crippen LogP contribution >= 0.6 is 0 Å². The van der Waals surface area contributed by atoms with Gasteiger partial charge in [-0.15, -0.1) is 0 Å². The molecule has 1 aliphatic heterocycles. The molecule has 3 N–H and O–H groups in total. The molecule has 2 amide bonds. The van der Waals surface area contributed by atoms with E-state index in [0.717, 1.165) is 10.9 Å². The lowest BCUT2D eigenvalue weighted by molar-refractivity contribution is -0.141. The normalized spacial score (nSPS) is 19.0. The predicted molar refractivity (Wildman–Crippen MR) is 90.3 cm³/mol. The van der Waals surface area contributed by atoms with Crippen molar-refractivity contribution in [2.24, 2.45) is 11.8 Å². The Hall–Kier alpha value is -2.41. The van der Waals surface area contributed by atoms with Crippen LogP contribution in [0.2, 0.25) is 0 Å². The van der Waals surface area contributed by atoms with Crippen molar-refractivity contribution in [3.63, 3.8) is 0 Å². The van der Waals surface area contributed by atoms with E-state index >= 15 is 0 Å². The molecule has 0 aliphatic carbocycles. The topological polar surface area (TPSA) is 98.3 Å². The molecule has 0 radical (unpaired) electrons. The van der Waals surface area contributed by atoms with Crippen LogP contribution in [0.25, 0.3) is 10.9 Å². The summed E-state index contributed by atoms with van der Waals surface area (Å²) in [5.41, 5.74) is 1.62. The maximum absolute atomic E-state index is 12.4. The van der Waals surface area contributed by atoms with Crippen LogP contribution in [0.5, 0.6) is 0 Å². The molecule has 24 heavy (non-hydrogen) atoms. The zero-order valence-corrected chi connectivity index (χ0v) is 13.8. The third kappa shape index (κ3) is 3.26. The zero-order valence-electron chi connectivity index (χ0n) is 13.8. The van der Waals surface area contributed by atoms with Crippen LogP contribution < -0.4 is 5.32 Å². The van der Waals surface area contributed by atoms with Gasteiger partial charge < -0.3 is 15.3 Å². The summed E-state index contributed by atoms with van der Waals surface area (Å²) >= 11 is 0. The SMILES string of the molecule is CC(C)[C@@H](O)C(=O)N1CCC(C(=O)Nc2ccc3[nH]ncc3c2)C1. The Morgan fingerprint density at radius 3 is 2.96 bits per heavy atom. The molecule has 7 heteroatoms. The number of aliphatic hydroxyl groups is 1. The summed E-state index contributed by atoms with van der Waals surface area (Å²) in [7, 11) is 0. The molecule has 2 heterocycles. The van der Waals surface area contributed by atoms with E-state index in [9.17, 15) is 14.7 Å². The van der Waals surface area contributed by atoms with E-state index in [-0.39, 0.29) is 23.7 Å². The van der Waals surface area contributed by atoms with E-state index in [1.807, 2.05) is 18.2 Å². The van der Waals surface area contributed by atoms with Crippen molar-refractivity contribution in [1.82, 2.24) is 15.1 Å². The Bertz CT molecular complexity index is 755. The molecule has 2 aromatic rings. The average molecular weight is 330 g/mol. The van der Waals surface area contributed by atoms with Crippen molar-refractivity contribution in [2.45, 2.75) is 26.4 Å². The highest BCUT2D eigenvalue weighted by molar-refractivity contribution is 5.95. The summed E-state index contributed by atoms with van der Waals surface area (Å²) in [6, 6.07) is 5.54. The summed E-state index contributed by atoms with van der Waals surface area (Å²) in [6.45, 7) is 4.45. The molecule has 0 bridgehead atoms. The highest BCUT2D eigenvalue weighted by atomic mass is 16.3. The minimum Gasteiger partial charge on any atom is -0.383 e. The zero-order chi connectivity index (χ0) is 17.3. The van der Waals surface area contributed by atoms with Gasteiger partial charge in [0.15, 0.2) is 0 Å². The molecular weight excluding hydrogens is 308 g/mol. The number of aromatic amines is 1. The number of fused-ring (bicyclic) bond motifs is 1. The van der Waals surface area contributed by atoms with Gasteiger partial charge in [-0.05, 0) is 30.5 Å². The van der Waals surface area contributed by atoms with Crippen molar-refractivity contribution >= 4 is 28.4 Å². The summed E-state index contributed by atoms with van der Waals surface area (Å²) in [5.74, 6) is -0.785. The van der Waals surface area contributed by atoms with E-state index in [4.69, 9.17) is 0 Å². The Kier molecular flexibility index (Phi) is 4.53. The van der Waals surface area contributed by atoms with Crippen molar-refractivity contribution in [3.05, 3.63) is 24.4 Å². The average Bonchev–Trinajstić information content (AvgIpc) is 3.21. The molecular formula is C17H22N4O3. The summed E-state index contributed by atoms with van der Waals surface area (Å²) in [5, 5.41) is 20.5. The first-order valence-electron chi connectivity index (χ1n) is 8.16. The van der Waals surface area contributed by atoms with Gasteiger partial charge >= 0.3 is 0 Å². The fourth-order valence-corrected chi connectivity index (χ4v) is 2.91. The van der Waals surface area contributed by atoms with Crippen molar-refractivity contribution in [1.29, 1.82) is 0 Å². The number of amides is 2. The molecule has 0 spiro atoms. The quantitative estimate of drug-likeness (QED) is 0.788. The summed E-state index contributed by atoms with van der Waals surface area (Å²) in [6.07, 6.45) is 1.31. The highest BCUT2D eigenvalue weighted by Crippen LogP contribution is 2.22. The van der Waals surface area contributed by atoms with Crippen molar-refractivity contribution < 1.29 is 14.7 Å². The number of nitrogens with zero attached hydrogens (tertiary/aromatic N) is 2. The second-order valence-electron chi connectivity index (χ2n) is 6.62. The van der Waals surface area contributed by atoms with Gasteiger partial charge in [0.05, 0.1) is 17.6 Å². The molecule has 128 valence electrons. The van der Waals surface area contributed by atoms with Crippen LogP contribution in [-0.2, 0) is 9.59 Å². The number of benzene rings is 1. The molecule has 1 fully saturated rings. The minimum absolute atomic E-state index is 0.104. The number of aromatic nitrogens is 2. The number of H-pyrrole nitrogens is 1. The lowest BCUT2D eigenvalue weighted by Gasteiger charge is -2.22. The summed E-state index contributed by atoms with van der Waals surface area (Å²) in [4.78, 5) is 26.2. The Labute approximate surface area is 140 Å². The first-order valence-corrected chi connectivity index (χ1v) is 8.16. The summed E-state index contributed by atoms with van der Waals surface area (Å²) < 4.78 is 0. The third-order valence-corrected chi connectivity index (χ3v) is 4.46. The first-order chi connectivity index (χ1) is 11.5. The Morgan fingerprint density at radius 2 is 2.21 bits per heavy atom. The van der Waals surface area contributed by atoms with Gasteiger partial charge in [0, 0.05) is 24.2 Å². The molecule has 1 saturated heterocycles. The Morgan fingerprint density at radius 1 is 1.42 bits per heavy atom. The Balaban J connectivity index is 1.61. The smallest absolute Gasteiger partial charge is 0.251 e. The fraction of sp³-hybridized carbons (Fsp3) is 0.471. The second-order valence-corrected chi connectivity index (χ2v) is 6.62. The van der Waals surface area contributed by atoms with Crippen LogP contribution in [0.4, 0.5) is 5.69 Å². The molecule has 7 nitrogen and oxygen atoms in total. The van der Waals surface area contributed by atoms with Gasteiger partial charge in [0.1, 0.15) is 6.10 Å². The lowest BCUT2D eigenvalue weighted by Crippen LogP contribution is -2.40. The molecule has 2 atom stereocenters. The highest BCUT2D eigenvalue weighted by Gasteiger charge is 2.34. The number of rotatable bonds is 4. The molecule has 1 aromatic carbocycles. The van der Waals surface area contributed by atoms with Gasteiger partial charge in [-0.25, -0.2) is 0 Å². The molecule has 1 aliphatic rings. The molecule has 3 rings (SSSR count). The number of hydrogen-bond donors (Lipinski definition) is 3. The van der Waals surface area contributed by atoms with Crippen LogP contribution in [0.1, 0.15) is 20.3 Å². The molecule has 1 aromatic heterocycles. The molecule has 0 saturated carbocycles. The van der Waals surface area contributed by atoms with Crippen LogP contribution in [0.3, 0.4) is 0 Å². The fourth-order valence-electron chi connectivity index (χ4n) is 2.91.